The van der Waals surface area contributed by atoms with E-state index >= 15 is 0 Å². The van der Waals surface area contributed by atoms with Crippen LogP contribution in [-0.2, 0) is 6.03 Å². The molecule has 0 rings (SSSR count). The summed E-state index contributed by atoms with van der Waals surface area (Å²) in [5.74, 6) is 0. The summed E-state index contributed by atoms with van der Waals surface area (Å²) in [6.45, 7) is 6.24. The van der Waals surface area contributed by atoms with Crippen molar-refractivity contribution in [3.05, 3.63) is 0 Å². The van der Waals surface area contributed by atoms with Crippen LogP contribution >= 0.6 is 12.4 Å². The van der Waals surface area contributed by atoms with Crippen molar-refractivity contribution in [2.75, 3.05) is 6.61 Å². The minimum atomic E-state index is -3.38. The predicted octanol–water partition coefficient (Wildman–Crippen LogP) is 0.879. The third-order valence-corrected chi connectivity index (χ3v) is 1.61. The van der Waals surface area contributed by atoms with Gasteiger partial charge in [0.05, 0.1) is 0 Å². The number of hydrogen-bond donors (Lipinski definition) is 1. The molecule has 0 atom stereocenters. The molecule has 0 aromatic rings. The Hall–Kier alpha value is 0.828. The Labute approximate surface area is 75.7 Å². The Kier molecular flexibility index (Phi) is 7.35. The Balaban J connectivity index is 0. The van der Waals surface area contributed by atoms with E-state index in [9.17, 15) is 3.02 Å². The molecule has 10 heavy (non-hydrogen) atoms. The predicted molar refractivity (Wildman–Crippen MR) is 41.3 cm³/mol. The summed E-state index contributed by atoms with van der Waals surface area (Å²) in [5.41, 5.74) is -0.00438. The second kappa shape index (κ2) is 5.47. The fourth-order valence-electron chi connectivity index (χ4n) is 0.249. The van der Waals surface area contributed by atoms with E-state index in [1.54, 1.807) is 0 Å². The zero-order chi connectivity index (χ0) is 7.49. The number of hydrogen-bond acceptors (Lipinski definition) is 2. The van der Waals surface area contributed by atoms with Gasteiger partial charge in [-0.15, -0.1) is 12.4 Å². The molecule has 1 N–H and O–H groups in total. The Morgan fingerprint density at radius 1 is 1.50 bits per heavy atom. The average Bonchev–Trinajstić information content (AvgIpc) is 1.59. The summed E-state index contributed by atoms with van der Waals surface area (Å²) in [4.78, 5) is 0. The molecule has 0 amide bonds. The molecule has 0 fully saturated rings. The van der Waals surface area contributed by atoms with Crippen LogP contribution in [0.1, 0.15) is 20.8 Å². The van der Waals surface area contributed by atoms with Gasteiger partial charge >= 0.3 is 63.3 Å². The SMILES string of the molecule is CC(C)(C)C[O][Sb](=[O])[OH].Cl. The third-order valence-electron chi connectivity index (χ3n) is 0.608. The molecular formula is C5H13ClO3Sb. The molecule has 0 aromatic carbocycles. The molecule has 0 bridgehead atoms. The van der Waals surface area contributed by atoms with Crippen molar-refractivity contribution < 1.29 is 9.42 Å². The molecule has 0 aliphatic carbocycles. The third kappa shape index (κ3) is 11.6. The minimum absolute atomic E-state index is 0. The van der Waals surface area contributed by atoms with Crippen LogP contribution in [-0.4, -0.2) is 31.0 Å². The van der Waals surface area contributed by atoms with E-state index in [0.717, 1.165) is 0 Å². The standard InChI is InChI=1S/C5H11O.ClH.H2O.O.Sb/c1-5(2,3)4-6;;;;/h4H2,1-3H3;1H;1H2;;/q-1;;;;+2/p-1. The van der Waals surface area contributed by atoms with Gasteiger partial charge in [0.2, 0.25) is 0 Å². The molecular weight excluding hydrogens is 265 g/mol. The Morgan fingerprint density at radius 3 is 2.00 bits per heavy atom. The van der Waals surface area contributed by atoms with Gasteiger partial charge in [0.25, 0.3) is 0 Å². The molecule has 0 aromatic heterocycles. The van der Waals surface area contributed by atoms with Crippen LogP contribution in [0.15, 0.2) is 0 Å². The summed E-state index contributed by atoms with van der Waals surface area (Å²) in [6, 6.07) is 0. The van der Waals surface area contributed by atoms with Crippen LogP contribution in [0.2, 0.25) is 0 Å². The van der Waals surface area contributed by atoms with Crippen molar-refractivity contribution in [2.24, 2.45) is 5.41 Å². The first kappa shape index (κ1) is 13.4. The topological polar surface area (TPSA) is 46.5 Å². The molecule has 5 heteroatoms. The molecule has 0 heterocycles. The zero-order valence-corrected chi connectivity index (χ0v) is 9.70. The quantitative estimate of drug-likeness (QED) is 0.763. The molecule has 0 spiro atoms. The van der Waals surface area contributed by atoms with Gasteiger partial charge in [-0.1, -0.05) is 0 Å². The first-order valence-electron chi connectivity index (χ1n) is 2.71. The van der Waals surface area contributed by atoms with Crippen molar-refractivity contribution in [2.45, 2.75) is 20.8 Å². The van der Waals surface area contributed by atoms with Gasteiger partial charge < -0.3 is 0 Å². The maximum absolute atomic E-state index is 10.1. The number of rotatable bonds is 2. The second-order valence-electron chi connectivity index (χ2n) is 3.07. The van der Waals surface area contributed by atoms with Crippen LogP contribution in [0.25, 0.3) is 0 Å². The van der Waals surface area contributed by atoms with Gasteiger partial charge in [-0.05, 0) is 0 Å². The van der Waals surface area contributed by atoms with Crippen LogP contribution < -0.4 is 0 Å². The summed E-state index contributed by atoms with van der Waals surface area (Å²) < 4.78 is 23.0. The van der Waals surface area contributed by atoms with E-state index in [4.69, 9.17) is 3.39 Å². The smallest absolute Gasteiger partial charge is 0.147 e. The molecule has 0 aliphatic rings. The molecule has 0 unspecified atom stereocenters. The molecule has 0 saturated carbocycles. The van der Waals surface area contributed by atoms with Crippen LogP contribution in [0.5, 0.6) is 0 Å². The Morgan fingerprint density at radius 2 is 1.90 bits per heavy atom. The normalized spacial score (nSPS) is 10.4. The molecule has 3 nitrogen and oxygen atoms in total. The Bertz CT molecular complexity index is 110. The zero-order valence-electron chi connectivity index (χ0n) is 6.33. The van der Waals surface area contributed by atoms with Gasteiger partial charge in [-0.2, -0.15) is 0 Å². The summed E-state index contributed by atoms with van der Waals surface area (Å²) in [7, 11) is 0. The van der Waals surface area contributed by atoms with Gasteiger partial charge in [0.15, 0.2) is 0 Å². The first-order chi connectivity index (χ1) is 3.92. The van der Waals surface area contributed by atoms with E-state index in [0.29, 0.717) is 6.61 Å². The van der Waals surface area contributed by atoms with Gasteiger partial charge in [0, 0.05) is 0 Å². The van der Waals surface area contributed by atoms with E-state index in [2.05, 4.69) is 3.02 Å². The van der Waals surface area contributed by atoms with Gasteiger partial charge in [0.1, 0.15) is 0 Å². The monoisotopic (exact) mass is 277 g/mol. The van der Waals surface area contributed by atoms with Gasteiger partial charge in [-0.3, -0.25) is 0 Å². The summed E-state index contributed by atoms with van der Waals surface area (Å²) >= 11 is -3.38. The van der Waals surface area contributed by atoms with Crippen LogP contribution in [0, 0.1) is 5.41 Å². The van der Waals surface area contributed by atoms with E-state index in [1.807, 2.05) is 20.8 Å². The maximum atomic E-state index is 10.1. The summed E-state index contributed by atoms with van der Waals surface area (Å²) in [5, 5.41) is 0. The largest absolute Gasteiger partial charge is 0.147 e. The average molecular weight is 278 g/mol. The molecule has 63 valence electrons. The van der Waals surface area contributed by atoms with Crippen molar-refractivity contribution >= 4 is 33.4 Å². The fraction of sp³-hybridized carbons (Fsp3) is 1.00. The van der Waals surface area contributed by atoms with E-state index in [1.165, 1.54) is 0 Å². The van der Waals surface area contributed by atoms with E-state index < -0.39 is 21.0 Å². The van der Waals surface area contributed by atoms with Crippen molar-refractivity contribution in [1.82, 2.24) is 0 Å². The molecule has 1 radical (unpaired) electrons. The summed E-state index contributed by atoms with van der Waals surface area (Å²) in [6.07, 6.45) is 0. The van der Waals surface area contributed by atoms with Crippen molar-refractivity contribution in [3.63, 3.8) is 0 Å². The minimum Gasteiger partial charge on any atom is -0.147 e. The maximum Gasteiger partial charge on any atom is -0.147 e. The molecule has 0 saturated heterocycles. The van der Waals surface area contributed by atoms with E-state index in [-0.39, 0.29) is 17.8 Å². The van der Waals surface area contributed by atoms with Crippen molar-refractivity contribution in [1.29, 1.82) is 0 Å². The van der Waals surface area contributed by atoms with Crippen LogP contribution in [0.3, 0.4) is 0 Å². The number of halogens is 1. The van der Waals surface area contributed by atoms with Crippen LogP contribution in [0.4, 0.5) is 0 Å². The first-order valence-corrected chi connectivity index (χ1v) is 5.93. The second-order valence-corrected chi connectivity index (χ2v) is 5.17. The fourth-order valence-corrected chi connectivity index (χ4v) is 1.67. The molecule has 0 aliphatic heterocycles. The van der Waals surface area contributed by atoms with Crippen molar-refractivity contribution in [3.8, 4) is 0 Å². The van der Waals surface area contributed by atoms with Gasteiger partial charge in [-0.25, -0.2) is 0 Å².